The lowest BCUT2D eigenvalue weighted by molar-refractivity contribution is -0.141. The molecule has 1 amide bonds. The Balaban J connectivity index is 2.02. The van der Waals surface area contributed by atoms with Crippen LogP contribution in [0.1, 0.15) is 24.8 Å². The van der Waals surface area contributed by atoms with E-state index in [-0.39, 0.29) is 17.7 Å². The SMILES string of the molecule is Cc1ccc(Br)c(NC(=O)C2CCC(C(=O)O)C2)c1. The minimum atomic E-state index is -0.799. The molecule has 0 heterocycles. The fourth-order valence-electron chi connectivity index (χ4n) is 2.41. The maximum Gasteiger partial charge on any atom is 0.306 e. The number of hydrogen-bond donors (Lipinski definition) is 2. The fraction of sp³-hybridized carbons (Fsp3) is 0.429. The summed E-state index contributed by atoms with van der Waals surface area (Å²) in [6.07, 6.45) is 1.67. The monoisotopic (exact) mass is 325 g/mol. The van der Waals surface area contributed by atoms with Gasteiger partial charge in [0.1, 0.15) is 0 Å². The van der Waals surface area contributed by atoms with Crippen LogP contribution in [0.3, 0.4) is 0 Å². The third-order valence-electron chi connectivity index (χ3n) is 3.53. The zero-order valence-electron chi connectivity index (χ0n) is 10.6. The standard InChI is InChI=1S/C14H16BrNO3/c1-8-2-5-11(15)12(6-8)16-13(17)9-3-4-10(7-9)14(18)19/h2,5-6,9-10H,3-4,7H2,1H3,(H,16,17)(H,18,19). The van der Waals surface area contributed by atoms with E-state index in [1.165, 1.54) is 0 Å². The number of rotatable bonds is 3. The van der Waals surface area contributed by atoms with Crippen molar-refractivity contribution < 1.29 is 14.7 Å². The van der Waals surface area contributed by atoms with Crippen LogP contribution in [0, 0.1) is 18.8 Å². The van der Waals surface area contributed by atoms with Gasteiger partial charge < -0.3 is 10.4 Å². The summed E-state index contributed by atoms with van der Waals surface area (Å²) in [7, 11) is 0. The van der Waals surface area contributed by atoms with Crippen molar-refractivity contribution in [2.24, 2.45) is 11.8 Å². The molecule has 0 aromatic heterocycles. The van der Waals surface area contributed by atoms with Gasteiger partial charge in [0.25, 0.3) is 0 Å². The molecular weight excluding hydrogens is 310 g/mol. The van der Waals surface area contributed by atoms with E-state index in [1.807, 2.05) is 25.1 Å². The van der Waals surface area contributed by atoms with Crippen molar-refractivity contribution >= 4 is 33.5 Å². The number of nitrogens with one attached hydrogen (secondary N) is 1. The van der Waals surface area contributed by atoms with Crippen LogP contribution in [-0.4, -0.2) is 17.0 Å². The predicted molar refractivity (Wildman–Crippen MR) is 76.0 cm³/mol. The molecule has 0 aliphatic heterocycles. The maximum atomic E-state index is 12.1. The number of carbonyl (C=O) groups excluding carboxylic acids is 1. The van der Waals surface area contributed by atoms with Gasteiger partial charge in [-0.2, -0.15) is 0 Å². The molecule has 2 unspecified atom stereocenters. The first-order valence-electron chi connectivity index (χ1n) is 6.27. The summed E-state index contributed by atoms with van der Waals surface area (Å²) in [6.45, 7) is 1.96. The minimum absolute atomic E-state index is 0.0879. The fourth-order valence-corrected chi connectivity index (χ4v) is 2.76. The lowest BCUT2D eigenvalue weighted by Gasteiger charge is -2.12. The molecule has 102 valence electrons. The van der Waals surface area contributed by atoms with Gasteiger partial charge in [-0.25, -0.2) is 0 Å². The highest BCUT2D eigenvalue weighted by Crippen LogP contribution is 2.32. The summed E-state index contributed by atoms with van der Waals surface area (Å²) in [5.74, 6) is -1.47. The zero-order chi connectivity index (χ0) is 14.0. The number of carbonyl (C=O) groups is 2. The number of aryl methyl sites for hydroxylation is 1. The molecule has 5 heteroatoms. The Morgan fingerprint density at radius 3 is 2.63 bits per heavy atom. The maximum absolute atomic E-state index is 12.1. The van der Waals surface area contributed by atoms with Crippen LogP contribution in [0.2, 0.25) is 0 Å². The molecule has 2 rings (SSSR count). The molecule has 1 saturated carbocycles. The molecule has 0 spiro atoms. The summed E-state index contributed by atoms with van der Waals surface area (Å²) in [5, 5.41) is 11.8. The number of carboxylic acids is 1. The quantitative estimate of drug-likeness (QED) is 0.896. The molecule has 0 radical (unpaired) electrons. The van der Waals surface area contributed by atoms with Gasteiger partial charge in [-0.15, -0.1) is 0 Å². The van der Waals surface area contributed by atoms with Gasteiger partial charge in [-0.05, 0) is 59.8 Å². The Morgan fingerprint density at radius 1 is 1.32 bits per heavy atom. The van der Waals surface area contributed by atoms with Gasteiger partial charge in [0, 0.05) is 10.4 Å². The van der Waals surface area contributed by atoms with Gasteiger partial charge in [0.15, 0.2) is 0 Å². The number of hydrogen-bond acceptors (Lipinski definition) is 2. The molecule has 1 aromatic carbocycles. The normalized spacial score (nSPS) is 22.2. The highest BCUT2D eigenvalue weighted by atomic mass is 79.9. The summed E-state index contributed by atoms with van der Waals surface area (Å²) in [6, 6.07) is 5.74. The largest absolute Gasteiger partial charge is 0.481 e. The van der Waals surface area contributed by atoms with Crippen molar-refractivity contribution in [2.45, 2.75) is 26.2 Å². The predicted octanol–water partition coefficient (Wildman–Crippen LogP) is 3.20. The molecule has 1 aromatic rings. The van der Waals surface area contributed by atoms with Crippen LogP contribution >= 0.6 is 15.9 Å². The average molecular weight is 326 g/mol. The van der Waals surface area contributed by atoms with Crippen LogP contribution in [0.4, 0.5) is 5.69 Å². The Hall–Kier alpha value is -1.36. The molecule has 1 aliphatic rings. The van der Waals surface area contributed by atoms with E-state index in [1.54, 1.807) is 0 Å². The Bertz CT molecular complexity index is 515. The van der Waals surface area contributed by atoms with Crippen LogP contribution < -0.4 is 5.32 Å². The van der Waals surface area contributed by atoms with Gasteiger partial charge in [-0.3, -0.25) is 9.59 Å². The first kappa shape index (κ1) is 14.1. The number of anilines is 1. The van der Waals surface area contributed by atoms with E-state index in [0.29, 0.717) is 19.3 Å². The van der Waals surface area contributed by atoms with Gasteiger partial charge in [0.2, 0.25) is 5.91 Å². The van der Waals surface area contributed by atoms with E-state index < -0.39 is 5.97 Å². The summed E-state index contributed by atoms with van der Waals surface area (Å²) < 4.78 is 0.833. The number of aliphatic carboxylic acids is 1. The lowest BCUT2D eigenvalue weighted by Crippen LogP contribution is -2.22. The molecule has 0 saturated heterocycles. The van der Waals surface area contributed by atoms with Crippen LogP contribution in [0.5, 0.6) is 0 Å². The van der Waals surface area contributed by atoms with Crippen LogP contribution in [0.25, 0.3) is 0 Å². The number of halogens is 1. The molecule has 19 heavy (non-hydrogen) atoms. The summed E-state index contributed by atoms with van der Waals surface area (Å²) in [4.78, 5) is 23.0. The zero-order valence-corrected chi connectivity index (χ0v) is 12.2. The van der Waals surface area contributed by atoms with E-state index in [2.05, 4.69) is 21.2 Å². The average Bonchev–Trinajstić information content (AvgIpc) is 2.83. The van der Waals surface area contributed by atoms with Crippen molar-refractivity contribution in [3.63, 3.8) is 0 Å². The van der Waals surface area contributed by atoms with E-state index in [9.17, 15) is 9.59 Å². The number of benzene rings is 1. The van der Waals surface area contributed by atoms with Crippen LogP contribution in [0.15, 0.2) is 22.7 Å². The van der Waals surface area contributed by atoms with E-state index in [4.69, 9.17) is 5.11 Å². The smallest absolute Gasteiger partial charge is 0.306 e. The van der Waals surface area contributed by atoms with E-state index >= 15 is 0 Å². The third-order valence-corrected chi connectivity index (χ3v) is 4.22. The molecule has 1 aliphatic carbocycles. The van der Waals surface area contributed by atoms with Crippen molar-refractivity contribution in [2.75, 3.05) is 5.32 Å². The van der Waals surface area contributed by atoms with Crippen LogP contribution in [-0.2, 0) is 9.59 Å². The third kappa shape index (κ3) is 3.35. The van der Waals surface area contributed by atoms with E-state index in [0.717, 1.165) is 15.7 Å². The van der Waals surface area contributed by atoms with Gasteiger partial charge in [-0.1, -0.05) is 6.07 Å². The summed E-state index contributed by atoms with van der Waals surface area (Å²) in [5.41, 5.74) is 1.80. The van der Waals surface area contributed by atoms with Crippen molar-refractivity contribution in [3.8, 4) is 0 Å². The highest BCUT2D eigenvalue weighted by Gasteiger charge is 2.33. The lowest BCUT2D eigenvalue weighted by atomic mass is 10.0. The number of amides is 1. The molecule has 4 nitrogen and oxygen atoms in total. The summed E-state index contributed by atoms with van der Waals surface area (Å²) >= 11 is 3.39. The van der Waals surface area contributed by atoms with Crippen molar-refractivity contribution in [1.29, 1.82) is 0 Å². The first-order valence-corrected chi connectivity index (χ1v) is 7.06. The highest BCUT2D eigenvalue weighted by molar-refractivity contribution is 9.10. The van der Waals surface area contributed by atoms with Gasteiger partial charge in [0.05, 0.1) is 11.6 Å². The second kappa shape index (κ2) is 5.74. The minimum Gasteiger partial charge on any atom is -0.481 e. The molecular formula is C14H16BrNO3. The Kier molecular flexibility index (Phi) is 4.24. The molecule has 0 bridgehead atoms. The topological polar surface area (TPSA) is 66.4 Å². The van der Waals surface area contributed by atoms with Crippen molar-refractivity contribution in [1.82, 2.24) is 0 Å². The Morgan fingerprint density at radius 2 is 2.00 bits per heavy atom. The molecule has 2 N–H and O–H groups in total. The first-order chi connectivity index (χ1) is 8.97. The second-order valence-electron chi connectivity index (χ2n) is 5.02. The Labute approximate surface area is 120 Å². The molecule has 1 fully saturated rings. The number of carboxylic acid groups (broad SMARTS) is 1. The van der Waals surface area contributed by atoms with Crippen molar-refractivity contribution in [3.05, 3.63) is 28.2 Å². The van der Waals surface area contributed by atoms with Gasteiger partial charge >= 0.3 is 5.97 Å². The second-order valence-corrected chi connectivity index (χ2v) is 5.87. The molecule has 2 atom stereocenters.